The van der Waals surface area contributed by atoms with E-state index in [4.69, 9.17) is 0 Å². The zero-order chi connectivity index (χ0) is 14.0. The lowest BCUT2D eigenvalue weighted by Crippen LogP contribution is -2.43. The Morgan fingerprint density at radius 3 is 2.06 bits per heavy atom. The molecule has 0 aromatic heterocycles. The standard InChI is InChI=1S/C16H26OSi/c1-7-14(18(5,6)16(2,3)4)15(17)13-11-9-8-10-12-13/h7-12,14-15,17H,1H2,2-6H3/t14-,15+/m1/s1. The van der Waals surface area contributed by atoms with E-state index in [-0.39, 0.29) is 10.6 Å². The Balaban J connectivity index is 3.08. The first-order chi connectivity index (χ1) is 8.21. The lowest BCUT2D eigenvalue weighted by Gasteiger charge is -2.44. The van der Waals surface area contributed by atoms with Crippen molar-refractivity contribution in [2.24, 2.45) is 0 Å². The molecule has 0 spiro atoms. The molecule has 100 valence electrons. The van der Waals surface area contributed by atoms with Crippen LogP contribution in [0.25, 0.3) is 0 Å². The van der Waals surface area contributed by atoms with E-state index in [9.17, 15) is 5.11 Å². The summed E-state index contributed by atoms with van der Waals surface area (Å²) in [6, 6.07) is 9.92. The van der Waals surface area contributed by atoms with Gasteiger partial charge in [-0.2, -0.15) is 0 Å². The van der Waals surface area contributed by atoms with Gasteiger partial charge >= 0.3 is 0 Å². The summed E-state index contributed by atoms with van der Waals surface area (Å²) in [5, 5.41) is 10.9. The third kappa shape index (κ3) is 2.93. The van der Waals surface area contributed by atoms with Gasteiger partial charge in [0.05, 0.1) is 14.2 Å². The normalized spacial score (nSPS) is 16.1. The predicted octanol–water partition coefficient (Wildman–Crippen LogP) is 4.78. The van der Waals surface area contributed by atoms with Gasteiger partial charge in [-0.15, -0.1) is 6.58 Å². The van der Waals surface area contributed by atoms with Gasteiger partial charge in [-0.1, -0.05) is 70.3 Å². The molecule has 0 aliphatic carbocycles. The summed E-state index contributed by atoms with van der Waals surface area (Å²) >= 11 is 0. The fraction of sp³-hybridized carbons (Fsp3) is 0.500. The van der Waals surface area contributed by atoms with Crippen molar-refractivity contribution < 1.29 is 5.11 Å². The number of hydrogen-bond acceptors (Lipinski definition) is 1. The van der Waals surface area contributed by atoms with Gasteiger partial charge in [0.15, 0.2) is 0 Å². The highest BCUT2D eigenvalue weighted by Crippen LogP contribution is 2.48. The second kappa shape index (κ2) is 5.41. The molecule has 0 unspecified atom stereocenters. The second-order valence-corrected chi connectivity index (χ2v) is 12.2. The van der Waals surface area contributed by atoms with E-state index in [0.717, 1.165) is 5.56 Å². The molecule has 1 aromatic rings. The van der Waals surface area contributed by atoms with Crippen molar-refractivity contribution in [2.45, 2.75) is 50.5 Å². The fourth-order valence-electron chi connectivity index (χ4n) is 2.18. The maximum atomic E-state index is 10.6. The molecule has 0 heterocycles. The minimum absolute atomic E-state index is 0.167. The van der Waals surface area contributed by atoms with Gasteiger partial charge in [-0.3, -0.25) is 0 Å². The Morgan fingerprint density at radius 1 is 1.17 bits per heavy atom. The molecule has 0 aliphatic heterocycles. The largest absolute Gasteiger partial charge is 0.388 e. The van der Waals surface area contributed by atoms with Crippen molar-refractivity contribution >= 4 is 8.07 Å². The van der Waals surface area contributed by atoms with Gasteiger partial charge in [0.2, 0.25) is 0 Å². The van der Waals surface area contributed by atoms with E-state index < -0.39 is 14.2 Å². The maximum absolute atomic E-state index is 10.6. The highest BCUT2D eigenvalue weighted by Gasteiger charge is 2.43. The fourth-order valence-corrected chi connectivity index (χ4v) is 4.75. The van der Waals surface area contributed by atoms with Crippen molar-refractivity contribution in [3.05, 3.63) is 48.6 Å². The summed E-state index contributed by atoms with van der Waals surface area (Å²) in [4.78, 5) is 0. The Morgan fingerprint density at radius 2 is 1.67 bits per heavy atom. The highest BCUT2D eigenvalue weighted by molar-refractivity contribution is 6.82. The van der Waals surface area contributed by atoms with Crippen LogP contribution in [-0.4, -0.2) is 13.2 Å². The molecule has 1 N–H and O–H groups in total. The Labute approximate surface area is 113 Å². The quantitative estimate of drug-likeness (QED) is 0.611. The van der Waals surface area contributed by atoms with Crippen LogP contribution >= 0.6 is 0 Å². The van der Waals surface area contributed by atoms with E-state index in [1.54, 1.807) is 0 Å². The van der Waals surface area contributed by atoms with Crippen molar-refractivity contribution in [3.8, 4) is 0 Å². The summed E-state index contributed by atoms with van der Waals surface area (Å²) in [5.41, 5.74) is 1.16. The Bertz CT molecular complexity index is 389. The molecule has 0 fully saturated rings. The second-order valence-electron chi connectivity index (χ2n) is 6.59. The molecule has 0 aliphatic rings. The molecular formula is C16H26OSi. The average Bonchev–Trinajstić information content (AvgIpc) is 2.29. The van der Waals surface area contributed by atoms with Crippen LogP contribution in [0.3, 0.4) is 0 Å². The van der Waals surface area contributed by atoms with E-state index >= 15 is 0 Å². The van der Waals surface area contributed by atoms with Gasteiger partial charge in [0.25, 0.3) is 0 Å². The molecule has 0 bridgehead atoms. The zero-order valence-electron chi connectivity index (χ0n) is 12.3. The van der Waals surface area contributed by atoms with Crippen LogP contribution in [0.2, 0.25) is 23.7 Å². The molecule has 1 aromatic carbocycles. The summed E-state index contributed by atoms with van der Waals surface area (Å²) in [6.45, 7) is 15.5. The lowest BCUT2D eigenvalue weighted by molar-refractivity contribution is 0.177. The Hall–Kier alpha value is -0.863. The molecule has 0 saturated heterocycles. The highest BCUT2D eigenvalue weighted by atomic mass is 28.3. The first-order valence-corrected chi connectivity index (χ1v) is 9.65. The topological polar surface area (TPSA) is 20.2 Å². The van der Waals surface area contributed by atoms with E-state index in [1.807, 2.05) is 36.4 Å². The van der Waals surface area contributed by atoms with Crippen LogP contribution in [0.4, 0.5) is 0 Å². The number of aliphatic hydroxyl groups is 1. The smallest absolute Gasteiger partial charge is 0.0828 e. The Kier molecular flexibility index (Phi) is 4.57. The molecule has 1 rings (SSSR count). The summed E-state index contributed by atoms with van der Waals surface area (Å²) in [6.07, 6.45) is 1.51. The van der Waals surface area contributed by atoms with Gasteiger partial charge in [-0.25, -0.2) is 0 Å². The van der Waals surface area contributed by atoms with Crippen molar-refractivity contribution in [2.75, 3.05) is 0 Å². The first-order valence-electron chi connectivity index (χ1n) is 6.57. The molecule has 2 heteroatoms. The zero-order valence-corrected chi connectivity index (χ0v) is 13.3. The molecule has 0 saturated carbocycles. The maximum Gasteiger partial charge on any atom is 0.0828 e. The first kappa shape index (κ1) is 15.2. The van der Waals surface area contributed by atoms with Crippen LogP contribution in [0.5, 0.6) is 0 Å². The molecule has 0 amide bonds. The minimum Gasteiger partial charge on any atom is -0.388 e. The van der Waals surface area contributed by atoms with Crippen LogP contribution in [0.15, 0.2) is 43.0 Å². The van der Waals surface area contributed by atoms with Crippen molar-refractivity contribution in [3.63, 3.8) is 0 Å². The number of rotatable bonds is 4. The third-order valence-corrected chi connectivity index (χ3v) is 10.6. The van der Waals surface area contributed by atoms with Crippen LogP contribution in [0.1, 0.15) is 32.4 Å². The van der Waals surface area contributed by atoms with Gasteiger partial charge in [-0.05, 0) is 10.6 Å². The number of aliphatic hydroxyl groups excluding tert-OH is 1. The van der Waals surface area contributed by atoms with Gasteiger partial charge < -0.3 is 5.11 Å². The monoisotopic (exact) mass is 262 g/mol. The van der Waals surface area contributed by atoms with Crippen LogP contribution in [0, 0.1) is 0 Å². The minimum atomic E-state index is -1.65. The van der Waals surface area contributed by atoms with Crippen LogP contribution < -0.4 is 0 Å². The summed E-state index contributed by atoms with van der Waals surface area (Å²) in [5.74, 6) is 0. The van der Waals surface area contributed by atoms with Gasteiger partial charge in [0.1, 0.15) is 0 Å². The van der Waals surface area contributed by atoms with E-state index in [1.165, 1.54) is 0 Å². The average molecular weight is 262 g/mol. The van der Waals surface area contributed by atoms with Crippen molar-refractivity contribution in [1.82, 2.24) is 0 Å². The molecular weight excluding hydrogens is 236 g/mol. The van der Waals surface area contributed by atoms with E-state index in [2.05, 4.69) is 40.4 Å². The van der Waals surface area contributed by atoms with E-state index in [0.29, 0.717) is 0 Å². The van der Waals surface area contributed by atoms with Crippen molar-refractivity contribution in [1.29, 1.82) is 0 Å². The lowest BCUT2D eigenvalue weighted by atomic mass is 10.1. The SMILES string of the molecule is C=C[C@H]([C@@H](O)c1ccccc1)[Si](C)(C)C(C)(C)C. The summed E-state index contributed by atoms with van der Waals surface area (Å²) in [7, 11) is -1.65. The number of hydrogen-bond donors (Lipinski definition) is 1. The molecule has 1 nitrogen and oxygen atoms in total. The van der Waals surface area contributed by atoms with Crippen LogP contribution in [-0.2, 0) is 0 Å². The molecule has 18 heavy (non-hydrogen) atoms. The van der Waals surface area contributed by atoms with Gasteiger partial charge in [0, 0.05) is 5.54 Å². The summed E-state index contributed by atoms with van der Waals surface area (Å²) < 4.78 is 0. The molecule has 2 atom stereocenters. The predicted molar refractivity (Wildman–Crippen MR) is 82.5 cm³/mol. The third-order valence-electron chi connectivity index (χ3n) is 4.50. The number of benzene rings is 1. The molecule has 0 radical (unpaired) electrons.